The molecule has 1 amide bonds. The van der Waals surface area contributed by atoms with E-state index in [0.717, 1.165) is 21.1 Å². The molecule has 0 aliphatic heterocycles. The quantitative estimate of drug-likeness (QED) is 0.679. The second-order valence-electron chi connectivity index (χ2n) is 5.15. The number of aromatic nitrogens is 3. The molecule has 0 fully saturated rings. The Morgan fingerprint density at radius 3 is 3.04 bits per heavy atom. The predicted octanol–water partition coefficient (Wildman–Crippen LogP) is 3.55. The number of aryl methyl sites for hydroxylation is 1. The average molecular weight is 362 g/mol. The minimum atomic E-state index is -0.267. The van der Waals surface area contributed by atoms with Crippen LogP contribution < -0.4 is 10.1 Å². The summed E-state index contributed by atoms with van der Waals surface area (Å²) in [6.07, 6.45) is 3.58. The third-order valence-electron chi connectivity index (χ3n) is 3.33. The summed E-state index contributed by atoms with van der Waals surface area (Å²) in [7, 11) is 1.91. The van der Waals surface area contributed by atoms with Gasteiger partial charge in [0.05, 0.1) is 22.1 Å². The Balaban J connectivity index is 1.69. The molecule has 0 spiro atoms. The molecule has 2 heterocycles. The van der Waals surface area contributed by atoms with Crippen LogP contribution in [0, 0.1) is 0 Å². The van der Waals surface area contributed by atoms with Crippen LogP contribution in [0.1, 0.15) is 13.8 Å². The second-order valence-corrected chi connectivity index (χ2v) is 7.49. The Hall–Kier alpha value is -2.06. The number of rotatable bonds is 6. The lowest BCUT2D eigenvalue weighted by atomic mass is 10.3. The first-order chi connectivity index (χ1) is 11.6. The number of thiazole rings is 1. The van der Waals surface area contributed by atoms with Gasteiger partial charge in [0.25, 0.3) is 0 Å². The van der Waals surface area contributed by atoms with Crippen LogP contribution in [0.15, 0.2) is 35.7 Å². The first-order valence-electron chi connectivity index (χ1n) is 7.55. The maximum Gasteiger partial charge on any atom is 0.239 e. The fraction of sp³-hybridized carbons (Fsp3) is 0.312. The Kier molecular flexibility index (Phi) is 5.06. The summed E-state index contributed by atoms with van der Waals surface area (Å²) in [5.41, 5.74) is 0.850. The van der Waals surface area contributed by atoms with Crippen molar-refractivity contribution in [3.63, 3.8) is 0 Å². The molecule has 24 heavy (non-hydrogen) atoms. The van der Waals surface area contributed by atoms with Crippen molar-refractivity contribution in [1.29, 1.82) is 0 Å². The molecule has 0 saturated heterocycles. The molecule has 8 heteroatoms. The number of hydrogen-bond acceptors (Lipinski definition) is 6. The molecule has 1 N–H and O–H groups in total. The van der Waals surface area contributed by atoms with E-state index in [1.54, 1.807) is 6.20 Å². The number of amides is 1. The Labute approximate surface area is 148 Å². The predicted molar refractivity (Wildman–Crippen MR) is 97.9 cm³/mol. The van der Waals surface area contributed by atoms with Crippen LogP contribution in [-0.2, 0) is 11.8 Å². The number of anilines is 1. The van der Waals surface area contributed by atoms with Crippen molar-refractivity contribution in [3.8, 4) is 5.75 Å². The second kappa shape index (κ2) is 7.23. The number of imidazole rings is 1. The largest absolute Gasteiger partial charge is 0.494 e. The van der Waals surface area contributed by atoms with Crippen molar-refractivity contribution in [3.05, 3.63) is 30.6 Å². The lowest BCUT2D eigenvalue weighted by Crippen LogP contribution is -2.22. The molecule has 0 radical (unpaired) electrons. The summed E-state index contributed by atoms with van der Waals surface area (Å²) in [4.78, 5) is 21.0. The number of carbonyl (C=O) groups is 1. The van der Waals surface area contributed by atoms with Gasteiger partial charge in [-0.2, -0.15) is 0 Å². The van der Waals surface area contributed by atoms with E-state index < -0.39 is 0 Å². The van der Waals surface area contributed by atoms with Gasteiger partial charge in [-0.25, -0.2) is 9.97 Å². The van der Waals surface area contributed by atoms with Gasteiger partial charge in [0.15, 0.2) is 10.3 Å². The van der Waals surface area contributed by atoms with Crippen molar-refractivity contribution < 1.29 is 9.53 Å². The molecule has 6 nitrogen and oxygen atoms in total. The van der Waals surface area contributed by atoms with Crippen LogP contribution >= 0.6 is 23.1 Å². The van der Waals surface area contributed by atoms with E-state index in [1.807, 2.05) is 49.9 Å². The van der Waals surface area contributed by atoms with E-state index >= 15 is 0 Å². The van der Waals surface area contributed by atoms with Gasteiger partial charge in [0.2, 0.25) is 5.91 Å². The smallest absolute Gasteiger partial charge is 0.239 e. The Morgan fingerprint density at radius 1 is 1.50 bits per heavy atom. The number of hydrogen-bond donors (Lipinski definition) is 1. The van der Waals surface area contributed by atoms with Crippen molar-refractivity contribution >= 4 is 44.4 Å². The molecule has 0 aliphatic rings. The highest BCUT2D eigenvalue weighted by Gasteiger charge is 2.18. The van der Waals surface area contributed by atoms with Gasteiger partial charge < -0.3 is 14.6 Å². The highest BCUT2D eigenvalue weighted by Crippen LogP contribution is 2.30. The fourth-order valence-corrected chi connectivity index (χ4v) is 3.83. The Morgan fingerprint density at radius 2 is 2.33 bits per heavy atom. The number of nitrogens with zero attached hydrogens (tertiary/aromatic N) is 3. The van der Waals surface area contributed by atoms with Gasteiger partial charge in [-0.15, -0.1) is 0 Å². The molecule has 1 aromatic carbocycles. The average Bonchev–Trinajstić information content (AvgIpc) is 3.13. The SMILES string of the molecule is CCOc1ccc2nc(NC(=O)C(C)Sc3nccn3C)sc2c1. The van der Waals surface area contributed by atoms with Crippen molar-refractivity contribution in [1.82, 2.24) is 14.5 Å². The van der Waals surface area contributed by atoms with Crippen LogP contribution in [0.5, 0.6) is 5.75 Å². The third-order valence-corrected chi connectivity index (χ3v) is 5.43. The van der Waals surface area contributed by atoms with E-state index in [9.17, 15) is 4.79 Å². The summed E-state index contributed by atoms with van der Waals surface area (Å²) in [6.45, 7) is 4.42. The summed E-state index contributed by atoms with van der Waals surface area (Å²) >= 11 is 2.86. The van der Waals surface area contributed by atoms with E-state index in [-0.39, 0.29) is 11.2 Å². The van der Waals surface area contributed by atoms with E-state index in [4.69, 9.17) is 4.74 Å². The highest BCUT2D eigenvalue weighted by atomic mass is 32.2. The molecule has 1 unspecified atom stereocenters. The fourth-order valence-electron chi connectivity index (χ4n) is 2.10. The zero-order valence-electron chi connectivity index (χ0n) is 13.6. The van der Waals surface area contributed by atoms with Crippen LogP contribution in [0.2, 0.25) is 0 Å². The number of ether oxygens (including phenoxy) is 1. The molecule has 3 aromatic rings. The molecule has 0 saturated carbocycles. The summed E-state index contributed by atoms with van der Waals surface area (Å²) in [5, 5.41) is 4.02. The van der Waals surface area contributed by atoms with Gasteiger partial charge in [-0.1, -0.05) is 23.1 Å². The van der Waals surface area contributed by atoms with Crippen LogP contribution in [0.4, 0.5) is 5.13 Å². The molecular formula is C16H18N4O2S2. The molecule has 126 valence electrons. The van der Waals surface area contributed by atoms with Gasteiger partial charge in [0.1, 0.15) is 5.75 Å². The zero-order valence-corrected chi connectivity index (χ0v) is 15.3. The number of nitrogens with one attached hydrogen (secondary N) is 1. The number of fused-ring (bicyclic) bond motifs is 1. The third kappa shape index (κ3) is 3.70. The lowest BCUT2D eigenvalue weighted by Gasteiger charge is -2.09. The monoisotopic (exact) mass is 362 g/mol. The zero-order chi connectivity index (χ0) is 17.1. The maximum atomic E-state index is 12.4. The summed E-state index contributed by atoms with van der Waals surface area (Å²) < 4.78 is 8.37. The molecule has 0 bridgehead atoms. The summed E-state index contributed by atoms with van der Waals surface area (Å²) in [5.74, 6) is 0.720. The van der Waals surface area contributed by atoms with Crippen molar-refractivity contribution in [2.45, 2.75) is 24.3 Å². The van der Waals surface area contributed by atoms with Crippen molar-refractivity contribution in [2.75, 3.05) is 11.9 Å². The highest BCUT2D eigenvalue weighted by molar-refractivity contribution is 8.00. The first kappa shape index (κ1) is 16.8. The molecule has 3 rings (SSSR count). The summed E-state index contributed by atoms with van der Waals surface area (Å²) in [6, 6.07) is 5.73. The van der Waals surface area contributed by atoms with E-state index in [2.05, 4.69) is 15.3 Å². The van der Waals surface area contributed by atoms with Crippen molar-refractivity contribution in [2.24, 2.45) is 7.05 Å². The first-order valence-corrected chi connectivity index (χ1v) is 9.24. The normalized spacial score (nSPS) is 12.3. The van der Waals surface area contributed by atoms with Crippen LogP contribution in [0.3, 0.4) is 0 Å². The molecule has 1 atom stereocenters. The number of benzene rings is 1. The van der Waals surface area contributed by atoms with E-state index in [1.165, 1.54) is 23.1 Å². The minimum Gasteiger partial charge on any atom is -0.494 e. The van der Waals surface area contributed by atoms with Crippen LogP contribution in [0.25, 0.3) is 10.2 Å². The molecular weight excluding hydrogens is 344 g/mol. The molecule has 2 aromatic heterocycles. The number of thioether (sulfide) groups is 1. The lowest BCUT2D eigenvalue weighted by molar-refractivity contribution is -0.115. The van der Waals surface area contributed by atoms with Gasteiger partial charge in [0, 0.05) is 19.4 Å². The van der Waals surface area contributed by atoms with Gasteiger partial charge >= 0.3 is 0 Å². The minimum absolute atomic E-state index is 0.0907. The standard InChI is InChI=1S/C16H18N4O2S2/c1-4-22-11-5-6-12-13(9-11)24-15(18-12)19-14(21)10(2)23-16-17-7-8-20(16)3/h5-10H,4H2,1-3H3,(H,18,19,21). The molecule has 0 aliphatic carbocycles. The topological polar surface area (TPSA) is 69.0 Å². The maximum absolute atomic E-state index is 12.4. The Bertz CT molecular complexity index is 859. The van der Waals surface area contributed by atoms with Gasteiger partial charge in [-0.3, -0.25) is 4.79 Å². The van der Waals surface area contributed by atoms with E-state index in [0.29, 0.717) is 11.7 Å². The number of carbonyl (C=O) groups excluding carboxylic acids is 1. The van der Waals surface area contributed by atoms with Crippen LogP contribution in [-0.4, -0.2) is 32.3 Å². The van der Waals surface area contributed by atoms with Gasteiger partial charge in [-0.05, 0) is 32.0 Å².